The van der Waals surface area contributed by atoms with Crippen molar-refractivity contribution < 1.29 is 34.5 Å². The van der Waals surface area contributed by atoms with Gasteiger partial charge in [-0.2, -0.15) is 11.8 Å². The number of aromatic nitrogens is 2. The number of aliphatic hydroxyl groups excluding tert-OH is 1. The van der Waals surface area contributed by atoms with Crippen LogP contribution in [-0.4, -0.2) is 66.3 Å². The third kappa shape index (κ3) is 14.9. The SMILES string of the molecule is CCC/C(=N\OC/C=C/Cl)C1=C(O)CC(CC(C)SCC)CC1=O.O=C(O)c1nc(Cl)ccc1Cl.O=C(O)c1nc(Cl)ccc1Cl. The Kier molecular flexibility index (Phi) is 19.9. The van der Waals surface area contributed by atoms with Gasteiger partial charge in [-0.1, -0.05) is 90.4 Å². The summed E-state index contributed by atoms with van der Waals surface area (Å²) in [5.41, 5.74) is 1.81. The second-order valence-corrected chi connectivity index (χ2v) is 13.1. The van der Waals surface area contributed by atoms with Gasteiger partial charge in [0.05, 0.1) is 21.3 Å². The summed E-state index contributed by atoms with van der Waals surface area (Å²) in [6.07, 6.45) is 5.00. The van der Waals surface area contributed by atoms with Crippen LogP contribution in [0.2, 0.25) is 20.4 Å². The van der Waals surface area contributed by atoms with Crippen LogP contribution in [0.1, 0.15) is 73.9 Å². The Morgan fingerprint density at radius 2 is 1.57 bits per heavy atom. The fourth-order valence-corrected chi connectivity index (χ4v) is 5.79. The van der Waals surface area contributed by atoms with Crippen LogP contribution in [0.4, 0.5) is 0 Å². The van der Waals surface area contributed by atoms with Gasteiger partial charge in [-0.25, -0.2) is 19.6 Å². The van der Waals surface area contributed by atoms with Crippen molar-refractivity contribution in [2.24, 2.45) is 11.1 Å². The van der Waals surface area contributed by atoms with Gasteiger partial charge < -0.3 is 20.2 Å². The standard InChI is InChI=1S/C18H28ClNO3S.2C6H3Cl2NO2/c1-4-7-15(20-23-9-6-8-19)18-16(21)11-14(12-17(18)22)10-13(3)24-5-2;2*7-3-1-2-4(8)9-5(3)6(10)11/h6,8,13-14,21H,4-5,7,9-12H2,1-3H3;2*1-2H,(H,10,11)/b8-6+,20-15+;;. The smallest absolute Gasteiger partial charge is 0.356 e. The molecule has 0 aliphatic heterocycles. The fourth-order valence-electron chi connectivity index (χ4n) is 4.07. The molecule has 2 heterocycles. The molecule has 2 unspecified atom stereocenters. The van der Waals surface area contributed by atoms with E-state index in [4.69, 9.17) is 73.1 Å². The van der Waals surface area contributed by atoms with Crippen molar-refractivity contribution in [3.63, 3.8) is 0 Å². The van der Waals surface area contributed by atoms with Crippen LogP contribution >= 0.6 is 69.8 Å². The lowest BCUT2D eigenvalue weighted by molar-refractivity contribution is -0.116. The first-order valence-corrected chi connectivity index (χ1v) is 16.9. The Hall–Kier alpha value is -2.54. The highest BCUT2D eigenvalue weighted by atomic mass is 35.5. The highest BCUT2D eigenvalue weighted by molar-refractivity contribution is 7.99. The quantitative estimate of drug-likeness (QED) is 0.0824. The molecule has 16 heteroatoms. The largest absolute Gasteiger partial charge is 0.511 e. The van der Waals surface area contributed by atoms with E-state index in [-0.39, 0.29) is 55.8 Å². The lowest BCUT2D eigenvalue weighted by Crippen LogP contribution is -2.26. The zero-order valence-electron chi connectivity index (χ0n) is 25.2. The zero-order valence-corrected chi connectivity index (χ0v) is 29.8. The Bertz CT molecular complexity index is 1380. The van der Waals surface area contributed by atoms with Crippen molar-refractivity contribution in [1.82, 2.24) is 9.97 Å². The number of ketones is 1. The molecule has 1 aliphatic rings. The van der Waals surface area contributed by atoms with E-state index < -0.39 is 11.9 Å². The minimum Gasteiger partial charge on any atom is -0.511 e. The monoisotopic (exact) mass is 755 g/mol. The predicted octanol–water partition coefficient (Wildman–Crippen LogP) is 9.41. The average molecular weight is 758 g/mol. The van der Waals surface area contributed by atoms with Crippen molar-refractivity contribution >= 4 is 93.2 Å². The van der Waals surface area contributed by atoms with Crippen LogP contribution < -0.4 is 0 Å². The summed E-state index contributed by atoms with van der Waals surface area (Å²) in [6, 6.07) is 5.63. The maximum atomic E-state index is 12.6. The van der Waals surface area contributed by atoms with Crippen LogP contribution in [0.3, 0.4) is 0 Å². The van der Waals surface area contributed by atoms with Gasteiger partial charge in [0, 0.05) is 23.6 Å². The maximum absolute atomic E-state index is 12.6. The maximum Gasteiger partial charge on any atom is 0.356 e. The molecule has 0 aromatic carbocycles. The zero-order chi connectivity index (χ0) is 34.8. The Balaban J connectivity index is 0.000000395. The minimum atomic E-state index is -1.18. The summed E-state index contributed by atoms with van der Waals surface area (Å²) in [7, 11) is 0. The molecule has 0 amide bonds. The first kappa shape index (κ1) is 41.5. The van der Waals surface area contributed by atoms with Crippen LogP contribution in [0, 0.1) is 5.92 Å². The summed E-state index contributed by atoms with van der Waals surface area (Å²) < 4.78 is 0. The normalized spacial score (nSPS) is 15.4. The first-order valence-electron chi connectivity index (χ1n) is 13.9. The Morgan fingerprint density at radius 3 is 1.98 bits per heavy atom. The molecular weight excluding hydrogens is 724 g/mol. The summed E-state index contributed by atoms with van der Waals surface area (Å²) in [6.45, 7) is 6.56. The number of rotatable bonds is 12. The molecule has 0 fully saturated rings. The van der Waals surface area contributed by atoms with Gasteiger partial charge in [0.2, 0.25) is 0 Å². The van der Waals surface area contributed by atoms with E-state index in [2.05, 4.69) is 29.0 Å². The van der Waals surface area contributed by atoms with E-state index in [1.165, 1.54) is 29.8 Å². The number of carbonyl (C=O) groups is 3. The van der Waals surface area contributed by atoms with E-state index in [1.54, 1.807) is 6.08 Å². The van der Waals surface area contributed by atoms with Gasteiger partial charge in [-0.15, -0.1) is 0 Å². The number of pyridine rings is 2. The Labute approximate surface area is 296 Å². The molecular formula is C30H34Cl5N3O7S. The molecule has 0 radical (unpaired) electrons. The number of carboxylic acids is 2. The van der Waals surface area contributed by atoms with Crippen LogP contribution in [0.15, 0.2) is 52.4 Å². The average Bonchev–Trinajstić information content (AvgIpc) is 2.98. The molecule has 0 saturated carbocycles. The van der Waals surface area contributed by atoms with E-state index in [9.17, 15) is 19.5 Å². The highest BCUT2D eigenvalue weighted by Crippen LogP contribution is 2.33. The second kappa shape index (κ2) is 22.1. The number of hydrogen-bond donors (Lipinski definition) is 3. The predicted molar refractivity (Wildman–Crippen MR) is 185 cm³/mol. The summed E-state index contributed by atoms with van der Waals surface area (Å²) in [5.74, 6) is -0.959. The molecule has 0 saturated heterocycles. The summed E-state index contributed by atoms with van der Waals surface area (Å²) in [4.78, 5) is 45.5. The Morgan fingerprint density at radius 1 is 1.02 bits per heavy atom. The molecule has 46 heavy (non-hydrogen) atoms. The lowest BCUT2D eigenvalue weighted by Gasteiger charge is -2.25. The number of aromatic carboxylic acids is 2. The van der Waals surface area contributed by atoms with Crippen molar-refractivity contribution in [2.75, 3.05) is 12.4 Å². The van der Waals surface area contributed by atoms with Gasteiger partial charge in [0.15, 0.2) is 17.2 Å². The van der Waals surface area contributed by atoms with Crippen molar-refractivity contribution in [3.8, 4) is 0 Å². The van der Waals surface area contributed by atoms with Gasteiger partial charge >= 0.3 is 11.9 Å². The molecule has 0 bridgehead atoms. The molecule has 0 spiro atoms. The molecule has 1 aliphatic carbocycles. The molecule has 2 atom stereocenters. The van der Waals surface area contributed by atoms with Crippen LogP contribution in [0.5, 0.6) is 0 Å². The van der Waals surface area contributed by atoms with Gasteiger partial charge in [-0.3, -0.25) is 4.79 Å². The molecule has 10 nitrogen and oxygen atoms in total. The second-order valence-electron chi connectivity index (χ2n) is 9.51. The lowest BCUT2D eigenvalue weighted by atomic mass is 9.82. The summed E-state index contributed by atoms with van der Waals surface area (Å²) in [5, 5.41) is 32.4. The number of halogens is 5. The molecule has 252 valence electrons. The first-order chi connectivity index (χ1) is 21.7. The van der Waals surface area contributed by atoms with Gasteiger partial charge in [0.25, 0.3) is 0 Å². The van der Waals surface area contributed by atoms with E-state index >= 15 is 0 Å². The number of thioether (sulfide) groups is 1. The third-order valence-electron chi connectivity index (χ3n) is 5.88. The number of Topliss-reactive ketones (excluding diaryl/α,β-unsaturated/α-hetero) is 1. The molecule has 2 aromatic heterocycles. The molecule has 3 N–H and O–H groups in total. The van der Waals surface area contributed by atoms with Gasteiger partial charge in [0.1, 0.15) is 22.7 Å². The van der Waals surface area contributed by atoms with E-state index in [0.29, 0.717) is 35.8 Å². The number of aliphatic hydroxyl groups is 1. The van der Waals surface area contributed by atoms with Crippen molar-refractivity contribution in [3.05, 3.63) is 78.9 Å². The van der Waals surface area contributed by atoms with E-state index in [1.807, 2.05) is 18.7 Å². The number of allylic oxidation sites excluding steroid dienone is 2. The molecule has 2 aromatic rings. The number of carbonyl (C=O) groups excluding carboxylic acids is 1. The van der Waals surface area contributed by atoms with Gasteiger partial charge in [-0.05, 0) is 54.9 Å². The topological polar surface area (TPSA) is 159 Å². The number of nitrogens with zero attached hydrogens (tertiary/aromatic N) is 3. The number of hydrogen-bond acceptors (Lipinski definition) is 9. The number of carboxylic acid groups (broad SMARTS) is 2. The van der Waals surface area contributed by atoms with Crippen LogP contribution in [-0.2, 0) is 9.63 Å². The summed E-state index contributed by atoms with van der Waals surface area (Å²) >= 11 is 29.2. The third-order valence-corrected chi connectivity index (χ3v) is 8.18. The fraction of sp³-hybridized carbons (Fsp3) is 0.400. The van der Waals surface area contributed by atoms with Crippen molar-refractivity contribution in [1.29, 1.82) is 0 Å². The van der Waals surface area contributed by atoms with E-state index in [0.717, 1.165) is 18.6 Å². The molecule has 3 rings (SSSR count). The number of oxime groups is 1. The minimum absolute atomic E-state index is 0.0267. The highest BCUT2D eigenvalue weighted by Gasteiger charge is 2.31. The van der Waals surface area contributed by atoms with Crippen molar-refractivity contribution in [2.45, 2.75) is 58.1 Å². The van der Waals surface area contributed by atoms with Crippen LogP contribution in [0.25, 0.3) is 0 Å².